The van der Waals surface area contributed by atoms with Crippen molar-refractivity contribution in [1.29, 1.82) is 0 Å². The summed E-state index contributed by atoms with van der Waals surface area (Å²) in [6, 6.07) is 0. The van der Waals surface area contributed by atoms with E-state index in [1.807, 2.05) is 7.05 Å². The molecule has 58 valence electrons. The Hall–Kier alpha value is -0.570. The second-order valence-electron chi connectivity index (χ2n) is 2.67. The van der Waals surface area contributed by atoms with Gasteiger partial charge in [0, 0.05) is 12.5 Å². The minimum Gasteiger partial charge on any atom is -0.356 e. The summed E-state index contributed by atoms with van der Waals surface area (Å²) in [5.41, 5.74) is 0. The number of rotatable bonds is 3. The number of carbonyl (C=O) groups excluding carboxylic acids is 1. The lowest BCUT2D eigenvalue weighted by Crippen LogP contribution is -2.21. The number of carbonyl (C=O) groups is 1. The largest absolute Gasteiger partial charge is 0.356 e. The van der Waals surface area contributed by atoms with E-state index in [-0.39, 0.29) is 11.8 Å². The predicted octanol–water partition coefficient (Wildman–Crippen LogP) is -0.268. The van der Waals surface area contributed by atoms with E-state index < -0.39 is 0 Å². The van der Waals surface area contributed by atoms with Gasteiger partial charge in [0.15, 0.2) is 0 Å². The molecular weight excluding hydrogens is 128 g/mol. The zero-order valence-electron chi connectivity index (χ0n) is 6.31. The monoisotopic (exact) mass is 142 g/mol. The lowest BCUT2D eigenvalue weighted by atomic mass is 10.0. The zero-order valence-corrected chi connectivity index (χ0v) is 6.31. The van der Waals surface area contributed by atoms with Crippen LogP contribution in [0, 0.1) is 5.92 Å². The molecule has 3 nitrogen and oxygen atoms in total. The van der Waals surface area contributed by atoms with Crippen molar-refractivity contribution in [3.63, 3.8) is 0 Å². The Bertz CT molecular complexity index is 125. The van der Waals surface area contributed by atoms with Crippen molar-refractivity contribution in [3.8, 4) is 0 Å². The summed E-state index contributed by atoms with van der Waals surface area (Å²) in [5.74, 6) is 0.503. The van der Waals surface area contributed by atoms with Gasteiger partial charge < -0.3 is 10.6 Å². The van der Waals surface area contributed by atoms with Crippen molar-refractivity contribution >= 4 is 5.91 Å². The Morgan fingerprint density at radius 3 is 3.10 bits per heavy atom. The quantitative estimate of drug-likeness (QED) is 0.569. The average molecular weight is 142 g/mol. The van der Waals surface area contributed by atoms with Crippen LogP contribution in [0.5, 0.6) is 0 Å². The molecule has 0 spiro atoms. The number of hydrogen-bond donors (Lipinski definition) is 2. The number of nitrogens with one attached hydrogen (secondary N) is 2. The Morgan fingerprint density at radius 2 is 2.60 bits per heavy atom. The highest BCUT2D eigenvalue weighted by Gasteiger charge is 2.22. The first-order valence-corrected chi connectivity index (χ1v) is 3.77. The van der Waals surface area contributed by atoms with Gasteiger partial charge in [-0.3, -0.25) is 4.79 Å². The van der Waals surface area contributed by atoms with Gasteiger partial charge >= 0.3 is 0 Å². The summed E-state index contributed by atoms with van der Waals surface area (Å²) in [5, 5.41) is 5.85. The molecule has 0 aromatic rings. The van der Waals surface area contributed by atoms with Gasteiger partial charge in [0.2, 0.25) is 5.91 Å². The molecule has 1 amide bonds. The van der Waals surface area contributed by atoms with E-state index in [4.69, 9.17) is 0 Å². The molecule has 1 aliphatic heterocycles. The second kappa shape index (κ2) is 3.56. The van der Waals surface area contributed by atoms with E-state index in [1.165, 1.54) is 0 Å². The zero-order chi connectivity index (χ0) is 7.40. The van der Waals surface area contributed by atoms with Crippen LogP contribution in [-0.2, 0) is 4.79 Å². The van der Waals surface area contributed by atoms with Crippen LogP contribution in [0.15, 0.2) is 0 Å². The van der Waals surface area contributed by atoms with E-state index in [0.717, 1.165) is 25.9 Å². The molecule has 1 aliphatic rings. The molecule has 1 fully saturated rings. The number of amides is 1. The predicted molar refractivity (Wildman–Crippen MR) is 39.7 cm³/mol. The molecule has 0 radical (unpaired) electrons. The van der Waals surface area contributed by atoms with Crippen molar-refractivity contribution in [1.82, 2.24) is 10.6 Å². The minimum atomic E-state index is 0.232. The topological polar surface area (TPSA) is 41.1 Å². The lowest BCUT2D eigenvalue weighted by Gasteiger charge is -2.03. The summed E-state index contributed by atoms with van der Waals surface area (Å²) in [6.07, 6.45) is 1.99. The van der Waals surface area contributed by atoms with Crippen molar-refractivity contribution in [2.45, 2.75) is 12.8 Å². The highest BCUT2D eigenvalue weighted by Crippen LogP contribution is 2.12. The van der Waals surface area contributed by atoms with Crippen LogP contribution >= 0.6 is 0 Å². The third-order valence-electron chi connectivity index (χ3n) is 1.91. The first-order valence-electron chi connectivity index (χ1n) is 3.77. The van der Waals surface area contributed by atoms with Gasteiger partial charge in [-0.25, -0.2) is 0 Å². The van der Waals surface area contributed by atoms with Gasteiger partial charge in [0.05, 0.1) is 0 Å². The molecular formula is C7H14N2O. The fourth-order valence-electron chi connectivity index (χ4n) is 1.24. The summed E-state index contributed by atoms with van der Waals surface area (Å²) < 4.78 is 0. The van der Waals surface area contributed by atoms with E-state index in [0.29, 0.717) is 0 Å². The molecule has 3 heteroatoms. The van der Waals surface area contributed by atoms with Gasteiger partial charge in [-0.05, 0) is 26.4 Å². The second-order valence-corrected chi connectivity index (χ2v) is 2.67. The third kappa shape index (κ3) is 1.70. The Labute approximate surface area is 61.2 Å². The van der Waals surface area contributed by atoms with Gasteiger partial charge in [-0.15, -0.1) is 0 Å². The molecule has 1 heterocycles. The lowest BCUT2D eigenvalue weighted by molar-refractivity contribution is -0.122. The first-order chi connectivity index (χ1) is 4.84. The maximum atomic E-state index is 10.9. The van der Waals surface area contributed by atoms with Crippen molar-refractivity contribution in [2.75, 3.05) is 20.1 Å². The molecule has 10 heavy (non-hydrogen) atoms. The fourth-order valence-corrected chi connectivity index (χ4v) is 1.24. The minimum absolute atomic E-state index is 0.232. The Morgan fingerprint density at radius 1 is 1.80 bits per heavy atom. The Kier molecular flexibility index (Phi) is 2.68. The SMILES string of the molecule is CNCC[C@@H]1CCNC1=O. The standard InChI is InChI=1S/C7H14N2O/c1-8-4-2-6-3-5-9-7(6)10/h6,8H,2-5H2,1H3,(H,9,10)/t6-/m1/s1. The molecule has 0 aromatic heterocycles. The molecule has 2 N–H and O–H groups in total. The summed E-state index contributed by atoms with van der Waals surface area (Å²) >= 11 is 0. The third-order valence-corrected chi connectivity index (χ3v) is 1.91. The maximum absolute atomic E-state index is 10.9. The van der Waals surface area contributed by atoms with E-state index >= 15 is 0 Å². The van der Waals surface area contributed by atoms with Crippen LogP contribution in [0.2, 0.25) is 0 Å². The van der Waals surface area contributed by atoms with Crippen molar-refractivity contribution in [2.24, 2.45) is 5.92 Å². The van der Waals surface area contributed by atoms with Crippen LogP contribution in [0.3, 0.4) is 0 Å². The fraction of sp³-hybridized carbons (Fsp3) is 0.857. The van der Waals surface area contributed by atoms with E-state index in [2.05, 4.69) is 10.6 Å². The summed E-state index contributed by atoms with van der Waals surface area (Å²) in [6.45, 7) is 1.81. The normalized spacial score (nSPS) is 24.9. The summed E-state index contributed by atoms with van der Waals surface area (Å²) in [7, 11) is 1.91. The molecule has 0 unspecified atom stereocenters. The van der Waals surface area contributed by atoms with E-state index in [1.54, 1.807) is 0 Å². The summed E-state index contributed by atoms with van der Waals surface area (Å²) in [4.78, 5) is 10.9. The Balaban J connectivity index is 2.20. The molecule has 0 saturated carbocycles. The van der Waals surface area contributed by atoms with Gasteiger partial charge in [0.1, 0.15) is 0 Å². The van der Waals surface area contributed by atoms with Crippen LogP contribution in [-0.4, -0.2) is 26.0 Å². The van der Waals surface area contributed by atoms with E-state index in [9.17, 15) is 4.79 Å². The van der Waals surface area contributed by atoms with Crippen molar-refractivity contribution in [3.05, 3.63) is 0 Å². The first kappa shape index (κ1) is 7.54. The van der Waals surface area contributed by atoms with Crippen LogP contribution in [0.4, 0.5) is 0 Å². The van der Waals surface area contributed by atoms with Crippen LogP contribution < -0.4 is 10.6 Å². The van der Waals surface area contributed by atoms with Crippen LogP contribution in [0.25, 0.3) is 0 Å². The molecule has 0 bridgehead atoms. The smallest absolute Gasteiger partial charge is 0.223 e. The molecule has 1 saturated heterocycles. The highest BCUT2D eigenvalue weighted by atomic mass is 16.2. The molecule has 0 aliphatic carbocycles. The van der Waals surface area contributed by atoms with Crippen molar-refractivity contribution < 1.29 is 4.79 Å². The maximum Gasteiger partial charge on any atom is 0.223 e. The average Bonchev–Trinajstić information content (AvgIpc) is 2.31. The van der Waals surface area contributed by atoms with Gasteiger partial charge in [0.25, 0.3) is 0 Å². The van der Waals surface area contributed by atoms with Gasteiger partial charge in [-0.2, -0.15) is 0 Å². The molecule has 1 atom stereocenters. The van der Waals surface area contributed by atoms with Crippen LogP contribution in [0.1, 0.15) is 12.8 Å². The highest BCUT2D eigenvalue weighted by molar-refractivity contribution is 5.80. The molecule has 1 rings (SSSR count). The van der Waals surface area contributed by atoms with Gasteiger partial charge in [-0.1, -0.05) is 0 Å². The molecule has 0 aromatic carbocycles. The number of hydrogen-bond acceptors (Lipinski definition) is 2.